The molecule has 0 amide bonds. The second-order valence-corrected chi connectivity index (χ2v) is 5.55. The Morgan fingerprint density at radius 2 is 1.00 bits per heavy atom. The molecule has 2 heterocycles. The fourth-order valence-electron chi connectivity index (χ4n) is 2.29. The van der Waals surface area contributed by atoms with Crippen molar-refractivity contribution >= 4 is 37.7 Å². The Labute approximate surface area is 180 Å². The van der Waals surface area contributed by atoms with Gasteiger partial charge in [0.15, 0.2) is 0 Å². The van der Waals surface area contributed by atoms with Gasteiger partial charge in [0.2, 0.25) is 0 Å². The first-order valence-corrected chi connectivity index (χ1v) is 11.3. The standard InChI is InChI=1S/C9H9N.C8H6BrN.4C2H6/c1-7-3-2-4-9-8(7)5-6-10-9;9-7-2-1-3-8-6(7)4-5-10-8;4*1-2/h2-6,10H,1H3;1-5,10H;4*1-2H3. The fraction of sp³-hybridized carbons (Fsp3) is 0.360. The van der Waals surface area contributed by atoms with Crippen LogP contribution in [-0.2, 0) is 0 Å². The van der Waals surface area contributed by atoms with Crippen LogP contribution in [0.25, 0.3) is 21.8 Å². The molecule has 2 nitrogen and oxygen atoms in total. The zero-order valence-corrected chi connectivity index (χ0v) is 20.7. The molecule has 0 saturated heterocycles. The van der Waals surface area contributed by atoms with E-state index in [1.54, 1.807) is 0 Å². The molecule has 0 radical (unpaired) electrons. The lowest BCUT2D eigenvalue weighted by atomic mass is 10.1. The fourth-order valence-corrected chi connectivity index (χ4v) is 2.79. The number of rotatable bonds is 0. The zero-order chi connectivity index (χ0) is 21.9. The van der Waals surface area contributed by atoms with Crippen molar-refractivity contribution in [2.75, 3.05) is 0 Å². The van der Waals surface area contributed by atoms with Gasteiger partial charge in [0.05, 0.1) is 0 Å². The third-order valence-corrected chi connectivity index (χ3v) is 4.05. The zero-order valence-electron chi connectivity index (χ0n) is 19.2. The van der Waals surface area contributed by atoms with E-state index in [4.69, 9.17) is 0 Å². The third-order valence-electron chi connectivity index (χ3n) is 3.35. The Morgan fingerprint density at radius 1 is 0.571 bits per heavy atom. The average Bonchev–Trinajstić information content (AvgIpc) is 3.45. The van der Waals surface area contributed by atoms with Gasteiger partial charge < -0.3 is 9.97 Å². The number of fused-ring (bicyclic) bond motifs is 2. The van der Waals surface area contributed by atoms with Crippen molar-refractivity contribution in [3.63, 3.8) is 0 Å². The molecule has 2 aromatic heterocycles. The van der Waals surface area contributed by atoms with E-state index in [0.717, 1.165) is 4.47 Å². The molecule has 0 unspecified atom stereocenters. The van der Waals surface area contributed by atoms with Gasteiger partial charge in [0, 0.05) is 38.7 Å². The molecule has 2 N–H and O–H groups in total. The molecule has 2 aromatic carbocycles. The van der Waals surface area contributed by atoms with Crippen molar-refractivity contribution < 1.29 is 0 Å². The molecule has 4 rings (SSSR count). The smallest absolute Gasteiger partial charge is 0.0465 e. The Morgan fingerprint density at radius 3 is 1.46 bits per heavy atom. The average molecular weight is 448 g/mol. The van der Waals surface area contributed by atoms with E-state index >= 15 is 0 Å². The highest BCUT2D eigenvalue weighted by atomic mass is 79.9. The van der Waals surface area contributed by atoms with E-state index in [2.05, 4.69) is 69.2 Å². The number of hydrogen-bond donors (Lipinski definition) is 2. The molecule has 0 spiro atoms. The van der Waals surface area contributed by atoms with Crippen LogP contribution in [0.15, 0.2) is 65.4 Å². The molecule has 0 aliphatic carbocycles. The lowest BCUT2D eigenvalue weighted by molar-refractivity contribution is 1.47. The first kappa shape index (κ1) is 28.2. The molecule has 3 heteroatoms. The normalized spacial score (nSPS) is 8.36. The number of halogens is 1. The van der Waals surface area contributed by atoms with Crippen LogP contribution >= 0.6 is 15.9 Å². The maximum atomic E-state index is 3.46. The van der Waals surface area contributed by atoms with Crippen molar-refractivity contribution in [1.29, 1.82) is 0 Å². The first-order valence-electron chi connectivity index (χ1n) is 10.5. The van der Waals surface area contributed by atoms with Crippen LogP contribution in [0.3, 0.4) is 0 Å². The van der Waals surface area contributed by atoms with E-state index in [1.165, 1.54) is 27.4 Å². The summed E-state index contributed by atoms with van der Waals surface area (Å²) in [6.45, 7) is 18.1. The van der Waals surface area contributed by atoms with Crippen molar-refractivity contribution in [2.45, 2.75) is 62.3 Å². The quantitative estimate of drug-likeness (QED) is 0.269. The highest BCUT2D eigenvalue weighted by molar-refractivity contribution is 9.10. The Balaban J connectivity index is 0. The van der Waals surface area contributed by atoms with Gasteiger partial charge in [0.25, 0.3) is 0 Å². The van der Waals surface area contributed by atoms with Gasteiger partial charge in [0.1, 0.15) is 0 Å². The van der Waals surface area contributed by atoms with Crippen LogP contribution in [-0.4, -0.2) is 9.97 Å². The number of benzene rings is 2. The lowest BCUT2D eigenvalue weighted by Gasteiger charge is -1.92. The Bertz CT molecular complexity index is 772. The minimum atomic E-state index is 1.14. The summed E-state index contributed by atoms with van der Waals surface area (Å²) in [5, 5.41) is 2.56. The summed E-state index contributed by atoms with van der Waals surface area (Å²) < 4.78 is 1.14. The lowest BCUT2D eigenvalue weighted by Crippen LogP contribution is -1.71. The van der Waals surface area contributed by atoms with E-state index in [-0.39, 0.29) is 0 Å². The Hall–Kier alpha value is -2.00. The predicted octanol–water partition coefficient (Wildman–Crippen LogP) is 9.51. The maximum absolute atomic E-state index is 3.46. The third kappa shape index (κ3) is 8.79. The van der Waals surface area contributed by atoms with E-state index < -0.39 is 0 Å². The molecular weight excluding hydrogens is 408 g/mol. The molecule has 0 aliphatic rings. The van der Waals surface area contributed by atoms with Gasteiger partial charge >= 0.3 is 0 Å². The monoisotopic (exact) mass is 446 g/mol. The van der Waals surface area contributed by atoms with Gasteiger partial charge in [-0.25, -0.2) is 0 Å². The van der Waals surface area contributed by atoms with Gasteiger partial charge in [-0.1, -0.05) is 89.5 Å². The number of hydrogen-bond acceptors (Lipinski definition) is 0. The highest BCUT2D eigenvalue weighted by Gasteiger charge is 1.95. The minimum absolute atomic E-state index is 1.14. The van der Waals surface area contributed by atoms with Crippen LogP contribution in [0.2, 0.25) is 0 Å². The van der Waals surface area contributed by atoms with Gasteiger partial charge in [-0.05, 0) is 42.8 Å². The summed E-state index contributed by atoms with van der Waals surface area (Å²) in [4.78, 5) is 6.29. The largest absolute Gasteiger partial charge is 0.361 e. The molecule has 156 valence electrons. The summed E-state index contributed by atoms with van der Waals surface area (Å²) in [5.41, 5.74) is 3.73. The summed E-state index contributed by atoms with van der Waals surface area (Å²) in [6, 6.07) is 16.5. The van der Waals surface area contributed by atoms with E-state index in [0.29, 0.717) is 0 Å². The van der Waals surface area contributed by atoms with Crippen molar-refractivity contribution in [2.24, 2.45) is 0 Å². The number of aromatic amines is 2. The second-order valence-electron chi connectivity index (χ2n) is 4.69. The molecular formula is C25H39BrN2. The molecule has 4 aromatic rings. The SMILES string of the molecule is Brc1cccc2[nH]ccc12.CC.CC.CC.CC.Cc1cccc2[nH]ccc12. The summed E-state index contributed by atoms with van der Waals surface area (Å²) in [6.07, 6.45) is 3.91. The van der Waals surface area contributed by atoms with Crippen molar-refractivity contribution in [3.05, 3.63) is 71.0 Å². The van der Waals surface area contributed by atoms with E-state index in [9.17, 15) is 0 Å². The van der Waals surface area contributed by atoms with Crippen molar-refractivity contribution in [1.82, 2.24) is 9.97 Å². The molecule has 0 fully saturated rings. The summed E-state index contributed by atoms with van der Waals surface area (Å²) in [7, 11) is 0. The molecule has 0 atom stereocenters. The highest BCUT2D eigenvalue weighted by Crippen LogP contribution is 2.21. The molecule has 0 aliphatic heterocycles. The summed E-state index contributed by atoms with van der Waals surface area (Å²) >= 11 is 3.46. The molecule has 0 bridgehead atoms. The van der Waals surface area contributed by atoms with Gasteiger partial charge in [-0.2, -0.15) is 0 Å². The topological polar surface area (TPSA) is 31.6 Å². The van der Waals surface area contributed by atoms with Crippen LogP contribution in [0, 0.1) is 6.92 Å². The van der Waals surface area contributed by atoms with Crippen molar-refractivity contribution in [3.8, 4) is 0 Å². The van der Waals surface area contributed by atoms with Crippen LogP contribution in [0.4, 0.5) is 0 Å². The van der Waals surface area contributed by atoms with E-state index in [1.807, 2.05) is 79.9 Å². The Kier molecular flexibility index (Phi) is 18.5. The second kappa shape index (κ2) is 18.4. The van der Waals surface area contributed by atoms with Gasteiger partial charge in [-0.3, -0.25) is 0 Å². The van der Waals surface area contributed by atoms with Crippen LogP contribution in [0.1, 0.15) is 61.0 Å². The molecule has 28 heavy (non-hydrogen) atoms. The molecule has 0 saturated carbocycles. The first-order chi connectivity index (χ1) is 13.8. The maximum Gasteiger partial charge on any atom is 0.0465 e. The van der Waals surface area contributed by atoms with Gasteiger partial charge in [-0.15, -0.1) is 0 Å². The number of aryl methyl sites for hydroxylation is 1. The van der Waals surface area contributed by atoms with Crippen LogP contribution in [0.5, 0.6) is 0 Å². The summed E-state index contributed by atoms with van der Waals surface area (Å²) in [5.74, 6) is 0. The predicted molar refractivity (Wildman–Crippen MR) is 134 cm³/mol. The minimum Gasteiger partial charge on any atom is -0.361 e. The number of H-pyrrole nitrogens is 2. The number of aromatic nitrogens is 2. The number of nitrogens with one attached hydrogen (secondary N) is 2. The van der Waals surface area contributed by atoms with Crippen LogP contribution < -0.4 is 0 Å².